The first-order chi connectivity index (χ1) is 11.6. The largest absolute Gasteiger partial charge is 0.489 e. The van der Waals surface area contributed by atoms with Gasteiger partial charge in [0.25, 0.3) is 5.91 Å². The fraction of sp³-hybridized carbons (Fsp3) is 0.150. The van der Waals surface area contributed by atoms with E-state index < -0.39 is 0 Å². The van der Waals surface area contributed by atoms with Crippen LogP contribution in [0.2, 0.25) is 0 Å². The van der Waals surface area contributed by atoms with Crippen LogP contribution in [0.5, 0.6) is 5.75 Å². The van der Waals surface area contributed by atoms with Crippen molar-refractivity contribution in [2.75, 3.05) is 5.32 Å². The minimum absolute atomic E-state index is 0.0920. The van der Waals surface area contributed by atoms with Crippen LogP contribution in [0.4, 0.5) is 5.69 Å². The van der Waals surface area contributed by atoms with Gasteiger partial charge < -0.3 is 10.1 Å². The topological polar surface area (TPSA) is 38.3 Å². The van der Waals surface area contributed by atoms with Crippen LogP contribution >= 0.6 is 11.3 Å². The molecule has 0 unspecified atom stereocenters. The second kappa shape index (κ2) is 7.32. The molecule has 1 aromatic heterocycles. The Kier molecular flexibility index (Phi) is 4.96. The van der Waals surface area contributed by atoms with Gasteiger partial charge >= 0.3 is 0 Å². The molecule has 0 spiro atoms. The Morgan fingerprint density at radius 2 is 1.83 bits per heavy atom. The number of aryl methyl sites for hydroxylation is 2. The number of nitrogens with one attached hydrogen (secondary N) is 1. The molecule has 0 bridgehead atoms. The SMILES string of the molecule is Cc1ccc(NC(=O)c2cc(COc3cccc(C)c3)cs2)cc1. The van der Waals surface area contributed by atoms with E-state index in [4.69, 9.17) is 4.74 Å². The summed E-state index contributed by atoms with van der Waals surface area (Å²) in [6, 6.07) is 17.6. The Balaban J connectivity index is 1.60. The average molecular weight is 337 g/mol. The summed E-state index contributed by atoms with van der Waals surface area (Å²) in [5, 5.41) is 4.87. The van der Waals surface area contributed by atoms with Gasteiger partial charge in [0.05, 0.1) is 4.88 Å². The number of carbonyl (C=O) groups is 1. The predicted octanol–water partition coefficient (Wildman–Crippen LogP) is 5.20. The number of hydrogen-bond donors (Lipinski definition) is 1. The molecule has 0 saturated heterocycles. The smallest absolute Gasteiger partial charge is 0.265 e. The quantitative estimate of drug-likeness (QED) is 0.695. The Morgan fingerprint density at radius 3 is 2.58 bits per heavy atom. The van der Waals surface area contributed by atoms with Gasteiger partial charge in [-0.05, 0) is 55.1 Å². The first kappa shape index (κ1) is 16.3. The highest BCUT2D eigenvalue weighted by molar-refractivity contribution is 7.12. The Labute approximate surface area is 145 Å². The van der Waals surface area contributed by atoms with E-state index in [2.05, 4.69) is 5.32 Å². The Morgan fingerprint density at radius 1 is 1.04 bits per heavy atom. The Bertz CT molecular complexity index is 837. The van der Waals surface area contributed by atoms with Crippen LogP contribution in [0.15, 0.2) is 60.0 Å². The first-order valence-electron chi connectivity index (χ1n) is 7.75. The highest BCUT2D eigenvalue weighted by atomic mass is 32.1. The highest BCUT2D eigenvalue weighted by Gasteiger charge is 2.10. The van der Waals surface area contributed by atoms with Crippen LogP contribution < -0.4 is 10.1 Å². The molecule has 0 aliphatic rings. The van der Waals surface area contributed by atoms with Crippen molar-refractivity contribution in [2.45, 2.75) is 20.5 Å². The molecule has 24 heavy (non-hydrogen) atoms. The van der Waals surface area contributed by atoms with E-state index in [1.54, 1.807) is 0 Å². The minimum Gasteiger partial charge on any atom is -0.489 e. The van der Waals surface area contributed by atoms with E-state index >= 15 is 0 Å². The van der Waals surface area contributed by atoms with Crippen LogP contribution in [-0.2, 0) is 6.61 Å². The van der Waals surface area contributed by atoms with Crippen molar-refractivity contribution in [3.63, 3.8) is 0 Å². The fourth-order valence-corrected chi connectivity index (χ4v) is 3.06. The molecule has 4 heteroatoms. The third-order valence-corrected chi connectivity index (χ3v) is 4.56. The molecule has 3 nitrogen and oxygen atoms in total. The molecule has 0 aliphatic carbocycles. The van der Waals surface area contributed by atoms with Crippen LogP contribution in [-0.4, -0.2) is 5.91 Å². The fourth-order valence-electron chi connectivity index (χ4n) is 2.27. The summed E-state index contributed by atoms with van der Waals surface area (Å²) < 4.78 is 5.77. The summed E-state index contributed by atoms with van der Waals surface area (Å²) in [7, 11) is 0. The standard InChI is InChI=1S/C20H19NO2S/c1-14-6-8-17(9-7-14)21-20(22)19-11-16(13-24-19)12-23-18-5-3-4-15(2)10-18/h3-11,13H,12H2,1-2H3,(H,21,22). The maximum atomic E-state index is 12.3. The van der Waals surface area contributed by atoms with Gasteiger partial charge in [0.1, 0.15) is 12.4 Å². The van der Waals surface area contributed by atoms with E-state index in [0.717, 1.165) is 22.6 Å². The molecule has 0 fully saturated rings. The van der Waals surface area contributed by atoms with Crippen LogP contribution in [0, 0.1) is 13.8 Å². The van der Waals surface area contributed by atoms with Gasteiger partial charge in [0.15, 0.2) is 0 Å². The van der Waals surface area contributed by atoms with Crippen molar-refractivity contribution < 1.29 is 9.53 Å². The molecular weight excluding hydrogens is 318 g/mol. The lowest BCUT2D eigenvalue weighted by molar-refractivity contribution is 0.103. The summed E-state index contributed by atoms with van der Waals surface area (Å²) in [4.78, 5) is 13.0. The maximum Gasteiger partial charge on any atom is 0.265 e. The molecule has 1 amide bonds. The summed E-state index contributed by atoms with van der Waals surface area (Å²) in [6.07, 6.45) is 0. The van der Waals surface area contributed by atoms with Crippen molar-refractivity contribution in [1.82, 2.24) is 0 Å². The number of carbonyl (C=O) groups excluding carboxylic acids is 1. The van der Waals surface area contributed by atoms with Gasteiger partial charge in [0.2, 0.25) is 0 Å². The van der Waals surface area contributed by atoms with Crippen molar-refractivity contribution in [2.24, 2.45) is 0 Å². The maximum absolute atomic E-state index is 12.3. The molecule has 2 aromatic carbocycles. The monoisotopic (exact) mass is 337 g/mol. The van der Waals surface area contributed by atoms with Gasteiger partial charge in [-0.15, -0.1) is 11.3 Å². The summed E-state index contributed by atoms with van der Waals surface area (Å²) in [6.45, 7) is 4.51. The number of rotatable bonds is 5. The number of benzene rings is 2. The number of amides is 1. The summed E-state index contributed by atoms with van der Waals surface area (Å²) >= 11 is 1.43. The molecule has 1 heterocycles. The number of ether oxygens (including phenoxy) is 1. The van der Waals surface area contributed by atoms with Crippen molar-refractivity contribution >= 4 is 22.9 Å². The number of anilines is 1. The zero-order chi connectivity index (χ0) is 16.9. The van der Waals surface area contributed by atoms with Crippen molar-refractivity contribution in [3.8, 4) is 5.75 Å². The molecule has 0 aliphatic heterocycles. The number of thiophene rings is 1. The van der Waals surface area contributed by atoms with Crippen LogP contribution in [0.3, 0.4) is 0 Å². The van der Waals surface area contributed by atoms with Gasteiger partial charge in [0, 0.05) is 11.3 Å². The lowest BCUT2D eigenvalue weighted by atomic mass is 10.2. The van der Waals surface area contributed by atoms with Gasteiger partial charge in [-0.2, -0.15) is 0 Å². The average Bonchev–Trinajstić information content (AvgIpc) is 3.04. The zero-order valence-corrected chi connectivity index (χ0v) is 14.5. The summed E-state index contributed by atoms with van der Waals surface area (Å²) in [5.41, 5.74) is 4.13. The third kappa shape index (κ3) is 4.24. The third-order valence-electron chi connectivity index (χ3n) is 3.58. The predicted molar refractivity (Wildman–Crippen MR) is 99.0 cm³/mol. The first-order valence-corrected chi connectivity index (χ1v) is 8.63. The highest BCUT2D eigenvalue weighted by Crippen LogP contribution is 2.20. The molecule has 0 radical (unpaired) electrons. The lowest BCUT2D eigenvalue weighted by Crippen LogP contribution is -2.10. The van der Waals surface area contributed by atoms with Gasteiger partial charge in [-0.3, -0.25) is 4.79 Å². The lowest BCUT2D eigenvalue weighted by Gasteiger charge is -2.05. The van der Waals surface area contributed by atoms with E-state index in [1.807, 2.05) is 73.8 Å². The summed E-state index contributed by atoms with van der Waals surface area (Å²) in [5.74, 6) is 0.748. The molecule has 0 atom stereocenters. The second-order valence-corrected chi connectivity index (χ2v) is 6.66. The van der Waals surface area contributed by atoms with E-state index in [-0.39, 0.29) is 5.91 Å². The minimum atomic E-state index is -0.0920. The van der Waals surface area contributed by atoms with Crippen molar-refractivity contribution in [1.29, 1.82) is 0 Å². The molecule has 122 valence electrons. The van der Waals surface area contributed by atoms with E-state index in [1.165, 1.54) is 16.9 Å². The number of hydrogen-bond acceptors (Lipinski definition) is 3. The second-order valence-electron chi connectivity index (χ2n) is 5.74. The molecular formula is C20H19NO2S. The van der Waals surface area contributed by atoms with Crippen molar-refractivity contribution in [3.05, 3.63) is 81.5 Å². The molecule has 0 saturated carbocycles. The molecule has 1 N–H and O–H groups in total. The molecule has 3 rings (SSSR count). The Hall–Kier alpha value is -2.59. The van der Waals surface area contributed by atoms with E-state index in [9.17, 15) is 4.79 Å². The zero-order valence-electron chi connectivity index (χ0n) is 13.7. The normalized spacial score (nSPS) is 10.4. The van der Waals surface area contributed by atoms with Crippen LogP contribution in [0.25, 0.3) is 0 Å². The van der Waals surface area contributed by atoms with Crippen LogP contribution in [0.1, 0.15) is 26.4 Å². The van der Waals surface area contributed by atoms with E-state index in [0.29, 0.717) is 11.5 Å². The van der Waals surface area contributed by atoms with Gasteiger partial charge in [-0.1, -0.05) is 29.8 Å². The van der Waals surface area contributed by atoms with Gasteiger partial charge in [-0.25, -0.2) is 0 Å². The molecule has 3 aromatic rings.